The van der Waals surface area contributed by atoms with Crippen LogP contribution in [0.2, 0.25) is 0 Å². The van der Waals surface area contributed by atoms with Crippen molar-refractivity contribution >= 4 is 17.1 Å². The summed E-state index contributed by atoms with van der Waals surface area (Å²) in [5, 5.41) is 0. The second-order valence-corrected chi connectivity index (χ2v) is 6.53. The largest absolute Gasteiger partial charge is 0.464 e. The number of fused-ring (bicyclic) bond motifs is 1. The Bertz CT molecular complexity index is 1240. The van der Waals surface area contributed by atoms with E-state index < -0.39 is 11.7 Å². The number of primary amides is 1. The van der Waals surface area contributed by atoms with Gasteiger partial charge in [-0.15, -0.1) is 0 Å². The molecule has 0 atom stereocenters. The first-order valence-corrected chi connectivity index (χ1v) is 9.19. The molecule has 0 unspecified atom stereocenters. The van der Waals surface area contributed by atoms with Crippen molar-refractivity contribution in [1.29, 1.82) is 0 Å². The molecule has 0 aromatic carbocycles. The van der Waals surface area contributed by atoms with E-state index in [9.17, 15) is 9.18 Å². The van der Waals surface area contributed by atoms with E-state index in [1.54, 1.807) is 25.3 Å². The van der Waals surface area contributed by atoms with E-state index >= 15 is 0 Å². The van der Waals surface area contributed by atoms with E-state index in [0.29, 0.717) is 41.4 Å². The molecule has 1 amide bonds. The van der Waals surface area contributed by atoms with Crippen LogP contribution < -0.4 is 10.5 Å². The molecule has 0 bridgehead atoms. The van der Waals surface area contributed by atoms with Crippen LogP contribution in [-0.2, 0) is 6.54 Å². The standard InChI is InChI=1S/C20H18FN7O2/c1-3-30-20-25-11(2)16-19(27-20)28(10-12-4-5-15(17(22)29)24-7-12)18(26-16)13-6-14(21)9-23-8-13/h4-9H,3,10H2,1-2H3,(H2,22,29). The lowest BCUT2D eigenvalue weighted by molar-refractivity contribution is 0.0995. The molecule has 10 heteroatoms. The monoisotopic (exact) mass is 407 g/mol. The number of aryl methyl sites for hydroxylation is 1. The first-order chi connectivity index (χ1) is 14.5. The van der Waals surface area contributed by atoms with Crippen molar-refractivity contribution in [2.75, 3.05) is 6.61 Å². The third kappa shape index (κ3) is 3.66. The number of carbonyl (C=O) groups is 1. The Morgan fingerprint density at radius 3 is 2.70 bits per heavy atom. The predicted molar refractivity (Wildman–Crippen MR) is 106 cm³/mol. The molecular weight excluding hydrogens is 389 g/mol. The summed E-state index contributed by atoms with van der Waals surface area (Å²) in [5.41, 5.74) is 8.43. The highest BCUT2D eigenvalue weighted by atomic mass is 19.1. The van der Waals surface area contributed by atoms with Gasteiger partial charge in [-0.25, -0.2) is 9.37 Å². The number of amides is 1. The lowest BCUT2D eigenvalue weighted by Crippen LogP contribution is -2.13. The van der Waals surface area contributed by atoms with Gasteiger partial charge in [0.1, 0.15) is 22.9 Å². The van der Waals surface area contributed by atoms with Crippen LogP contribution in [0.1, 0.15) is 28.7 Å². The Balaban J connectivity index is 1.89. The van der Waals surface area contributed by atoms with E-state index in [2.05, 4.69) is 24.9 Å². The minimum Gasteiger partial charge on any atom is -0.464 e. The minimum absolute atomic E-state index is 0.167. The Labute approximate surface area is 170 Å². The van der Waals surface area contributed by atoms with Crippen molar-refractivity contribution < 1.29 is 13.9 Å². The summed E-state index contributed by atoms with van der Waals surface area (Å²) >= 11 is 0. The first-order valence-electron chi connectivity index (χ1n) is 9.19. The second-order valence-electron chi connectivity index (χ2n) is 6.53. The molecule has 9 nitrogen and oxygen atoms in total. The zero-order valence-corrected chi connectivity index (χ0v) is 16.3. The molecule has 0 aliphatic carbocycles. The molecule has 2 N–H and O–H groups in total. The van der Waals surface area contributed by atoms with Gasteiger partial charge in [0.2, 0.25) is 0 Å². The molecule has 0 saturated heterocycles. The smallest absolute Gasteiger partial charge is 0.318 e. The summed E-state index contributed by atoms with van der Waals surface area (Å²) in [7, 11) is 0. The average molecular weight is 407 g/mol. The normalized spacial score (nSPS) is 11.0. The van der Waals surface area contributed by atoms with Gasteiger partial charge in [-0.1, -0.05) is 6.07 Å². The van der Waals surface area contributed by atoms with Crippen LogP contribution in [-0.4, -0.2) is 42.0 Å². The van der Waals surface area contributed by atoms with Crippen molar-refractivity contribution in [2.45, 2.75) is 20.4 Å². The molecule has 4 rings (SSSR count). The minimum atomic E-state index is -0.606. The third-order valence-electron chi connectivity index (χ3n) is 4.40. The summed E-state index contributed by atoms with van der Waals surface area (Å²) in [5.74, 6) is -0.607. The number of carbonyl (C=O) groups excluding carboxylic acids is 1. The molecule has 0 aliphatic rings. The van der Waals surface area contributed by atoms with Gasteiger partial charge in [-0.2, -0.15) is 9.97 Å². The van der Waals surface area contributed by atoms with Crippen LogP contribution in [0.3, 0.4) is 0 Å². The van der Waals surface area contributed by atoms with E-state index in [1.165, 1.54) is 12.3 Å². The highest BCUT2D eigenvalue weighted by molar-refractivity contribution is 5.90. The van der Waals surface area contributed by atoms with Crippen molar-refractivity contribution in [2.24, 2.45) is 5.73 Å². The maximum absolute atomic E-state index is 13.8. The van der Waals surface area contributed by atoms with Crippen LogP contribution in [0.4, 0.5) is 4.39 Å². The summed E-state index contributed by atoms with van der Waals surface area (Å²) < 4.78 is 21.1. The second kappa shape index (κ2) is 7.82. The van der Waals surface area contributed by atoms with Gasteiger partial charge < -0.3 is 15.0 Å². The highest BCUT2D eigenvalue weighted by Gasteiger charge is 2.19. The molecular formula is C20H18FN7O2. The van der Waals surface area contributed by atoms with Crippen molar-refractivity contribution in [1.82, 2.24) is 29.5 Å². The fourth-order valence-corrected chi connectivity index (χ4v) is 3.06. The number of nitrogens with two attached hydrogens (primary N) is 1. The molecule has 4 aromatic heterocycles. The Morgan fingerprint density at radius 2 is 2.03 bits per heavy atom. The highest BCUT2D eigenvalue weighted by Crippen LogP contribution is 2.27. The van der Waals surface area contributed by atoms with Crippen LogP contribution in [0.15, 0.2) is 36.8 Å². The third-order valence-corrected chi connectivity index (χ3v) is 4.40. The number of nitrogens with zero attached hydrogens (tertiary/aromatic N) is 6. The van der Waals surface area contributed by atoms with E-state index in [-0.39, 0.29) is 11.7 Å². The Morgan fingerprint density at radius 1 is 1.20 bits per heavy atom. The zero-order chi connectivity index (χ0) is 21.3. The number of rotatable bonds is 6. The topological polar surface area (TPSA) is 122 Å². The summed E-state index contributed by atoms with van der Waals surface area (Å²) in [6.45, 7) is 4.38. The van der Waals surface area contributed by atoms with E-state index in [0.717, 1.165) is 11.8 Å². The number of halogens is 1. The molecule has 0 saturated carbocycles. The SMILES string of the molecule is CCOc1nc(C)c2nc(-c3cncc(F)c3)n(Cc3ccc(C(N)=O)nc3)c2n1. The zero-order valence-electron chi connectivity index (χ0n) is 16.3. The number of ether oxygens (including phenoxy) is 1. The van der Waals surface area contributed by atoms with Crippen molar-refractivity contribution in [3.05, 3.63) is 59.6 Å². The molecule has 30 heavy (non-hydrogen) atoms. The predicted octanol–water partition coefficient (Wildman–Crippen LogP) is 2.28. The van der Waals surface area contributed by atoms with Crippen LogP contribution in [0, 0.1) is 12.7 Å². The molecule has 4 aromatic rings. The lowest BCUT2D eigenvalue weighted by atomic mass is 10.2. The molecule has 0 fully saturated rings. The summed E-state index contributed by atoms with van der Waals surface area (Å²) in [4.78, 5) is 32.8. The van der Waals surface area contributed by atoms with Gasteiger partial charge in [0.25, 0.3) is 5.91 Å². The number of aromatic nitrogens is 6. The molecule has 4 heterocycles. The summed E-state index contributed by atoms with van der Waals surface area (Å²) in [6.07, 6.45) is 4.21. The number of imidazole rings is 1. The maximum atomic E-state index is 13.8. The van der Waals surface area contributed by atoms with Gasteiger partial charge >= 0.3 is 6.01 Å². The van der Waals surface area contributed by atoms with Crippen molar-refractivity contribution in [3.8, 4) is 17.4 Å². The maximum Gasteiger partial charge on any atom is 0.318 e. The Kier molecular flexibility index (Phi) is 5.05. The molecule has 0 aliphatic heterocycles. The van der Waals surface area contributed by atoms with Gasteiger partial charge in [0, 0.05) is 18.0 Å². The number of hydrogen-bond acceptors (Lipinski definition) is 7. The molecule has 152 valence electrons. The van der Waals surface area contributed by atoms with Crippen LogP contribution in [0.5, 0.6) is 6.01 Å². The average Bonchev–Trinajstić information content (AvgIpc) is 3.08. The fraction of sp³-hybridized carbons (Fsp3) is 0.200. The van der Waals surface area contributed by atoms with E-state index in [1.807, 2.05) is 11.5 Å². The molecule has 0 radical (unpaired) electrons. The number of hydrogen-bond donors (Lipinski definition) is 1. The van der Waals surface area contributed by atoms with Crippen LogP contribution in [0.25, 0.3) is 22.6 Å². The van der Waals surface area contributed by atoms with Crippen LogP contribution >= 0.6 is 0 Å². The number of pyridine rings is 2. The van der Waals surface area contributed by atoms with Gasteiger partial charge in [-0.3, -0.25) is 14.8 Å². The lowest BCUT2D eigenvalue weighted by Gasteiger charge is -2.10. The van der Waals surface area contributed by atoms with Crippen molar-refractivity contribution in [3.63, 3.8) is 0 Å². The quantitative estimate of drug-likeness (QED) is 0.520. The van der Waals surface area contributed by atoms with Gasteiger partial charge in [0.05, 0.1) is 25.0 Å². The van der Waals surface area contributed by atoms with Gasteiger partial charge in [-0.05, 0) is 31.5 Å². The first kappa shape index (κ1) is 19.4. The van der Waals surface area contributed by atoms with E-state index in [4.69, 9.17) is 10.5 Å². The fourth-order valence-electron chi connectivity index (χ4n) is 3.06. The Hall–Kier alpha value is -3.95. The van der Waals surface area contributed by atoms with Gasteiger partial charge in [0.15, 0.2) is 5.65 Å². The summed E-state index contributed by atoms with van der Waals surface area (Å²) in [6, 6.07) is 4.87. The molecule has 0 spiro atoms.